The molecule has 11 heavy (non-hydrogen) atoms. The monoisotopic (exact) mass is 158 g/mol. The molecule has 0 spiro atoms. The number of amides is 1. The van der Waals surface area contributed by atoms with Crippen LogP contribution in [0.1, 0.15) is 27.2 Å². The van der Waals surface area contributed by atoms with E-state index in [0.29, 0.717) is 0 Å². The summed E-state index contributed by atoms with van der Waals surface area (Å²) >= 11 is 0. The van der Waals surface area contributed by atoms with Crippen molar-refractivity contribution in [3.63, 3.8) is 0 Å². The molecule has 0 fully saturated rings. The van der Waals surface area contributed by atoms with Crippen LogP contribution in [0.5, 0.6) is 0 Å². The fourth-order valence-corrected chi connectivity index (χ4v) is 0.509. The second-order valence-corrected chi connectivity index (χ2v) is 3.19. The molecule has 0 aliphatic carbocycles. The van der Waals surface area contributed by atoms with E-state index in [1.165, 1.54) is 0 Å². The average molecular weight is 158 g/mol. The van der Waals surface area contributed by atoms with Crippen molar-refractivity contribution in [1.82, 2.24) is 5.73 Å². The van der Waals surface area contributed by atoms with Gasteiger partial charge in [0.2, 0.25) is 5.91 Å². The number of carbonyl (C=O) groups excluding carboxylic acids is 2. The van der Waals surface area contributed by atoms with Crippen LogP contribution in [0.15, 0.2) is 0 Å². The number of esters is 1. The van der Waals surface area contributed by atoms with Crippen molar-refractivity contribution in [2.45, 2.75) is 32.8 Å². The van der Waals surface area contributed by atoms with Crippen molar-refractivity contribution >= 4 is 11.9 Å². The van der Waals surface area contributed by atoms with E-state index in [1.807, 2.05) is 0 Å². The molecule has 0 atom stereocenters. The minimum absolute atomic E-state index is 0.461. The van der Waals surface area contributed by atoms with E-state index in [-0.39, 0.29) is 0 Å². The average Bonchev–Trinajstić information content (AvgIpc) is 1.53. The lowest BCUT2D eigenvalue weighted by molar-refractivity contribution is -0.156. The number of nitrogens with one attached hydrogen (secondary N) is 1. The van der Waals surface area contributed by atoms with Gasteiger partial charge in [-0.25, -0.2) is 0 Å². The lowest BCUT2D eigenvalue weighted by atomic mass is 10.2. The molecule has 63 valence electrons. The summed E-state index contributed by atoms with van der Waals surface area (Å²) in [6.45, 7) is 5.12. The quantitative estimate of drug-likeness (QED) is 0.434. The number of hydrogen-bond acceptors (Lipinski definition) is 3. The fraction of sp³-hybridized carbons (Fsp3) is 0.714. The highest BCUT2D eigenvalue weighted by Gasteiger charge is 2.17. The van der Waals surface area contributed by atoms with E-state index in [0.717, 1.165) is 0 Å². The highest BCUT2D eigenvalue weighted by Crippen LogP contribution is 2.07. The number of hydrogen-bond donors (Lipinski definition) is 0. The summed E-state index contributed by atoms with van der Waals surface area (Å²) < 4.78 is 4.77. The molecule has 4 heteroatoms. The third kappa shape index (κ3) is 6.83. The largest absolute Gasteiger partial charge is 0.460 e. The fourth-order valence-electron chi connectivity index (χ4n) is 0.509. The number of rotatable bonds is 2. The Hall–Kier alpha value is -1.06. The molecule has 1 radical (unpaired) electrons. The van der Waals surface area contributed by atoms with Crippen molar-refractivity contribution in [3.05, 3.63) is 0 Å². The molecule has 1 N–H and O–H groups in total. The second-order valence-electron chi connectivity index (χ2n) is 3.19. The maximum absolute atomic E-state index is 10.7. The van der Waals surface area contributed by atoms with Gasteiger partial charge in [0.05, 0.1) is 0 Å². The van der Waals surface area contributed by atoms with Crippen molar-refractivity contribution in [1.29, 1.82) is 0 Å². The third-order valence-corrected chi connectivity index (χ3v) is 0.725. The van der Waals surface area contributed by atoms with Gasteiger partial charge >= 0.3 is 5.97 Å². The summed E-state index contributed by atoms with van der Waals surface area (Å²) in [4.78, 5) is 20.8. The summed E-state index contributed by atoms with van der Waals surface area (Å²) in [7, 11) is 0. The zero-order valence-corrected chi connectivity index (χ0v) is 6.93. The minimum atomic E-state index is -0.917. The summed E-state index contributed by atoms with van der Waals surface area (Å²) in [6.07, 6.45) is -0.461. The lowest BCUT2D eigenvalue weighted by Gasteiger charge is -2.18. The first kappa shape index (κ1) is 9.94. The first-order valence-corrected chi connectivity index (χ1v) is 3.27. The smallest absolute Gasteiger partial charge is 0.315 e. The van der Waals surface area contributed by atoms with E-state index in [2.05, 4.69) is 0 Å². The molecular weight excluding hydrogens is 146 g/mol. The third-order valence-electron chi connectivity index (χ3n) is 0.725. The Morgan fingerprint density at radius 2 is 1.82 bits per heavy atom. The normalized spacial score (nSPS) is 10.8. The molecule has 0 saturated heterocycles. The SMILES string of the molecule is CC(C)(C)OC(=O)CC([NH])=O. The maximum Gasteiger partial charge on any atom is 0.315 e. The van der Waals surface area contributed by atoms with E-state index in [9.17, 15) is 9.59 Å². The molecule has 0 aromatic heterocycles. The van der Waals surface area contributed by atoms with Gasteiger partial charge in [0, 0.05) is 0 Å². The van der Waals surface area contributed by atoms with Crippen LogP contribution >= 0.6 is 0 Å². The minimum Gasteiger partial charge on any atom is -0.460 e. The summed E-state index contributed by atoms with van der Waals surface area (Å²) in [6, 6.07) is 0. The molecule has 4 nitrogen and oxygen atoms in total. The zero-order chi connectivity index (χ0) is 9.07. The van der Waals surface area contributed by atoms with Crippen LogP contribution in [0.4, 0.5) is 0 Å². The highest BCUT2D eigenvalue weighted by molar-refractivity contribution is 5.92. The van der Waals surface area contributed by atoms with Crippen molar-refractivity contribution in [2.75, 3.05) is 0 Å². The van der Waals surface area contributed by atoms with Gasteiger partial charge in [-0.3, -0.25) is 15.3 Å². The Morgan fingerprint density at radius 1 is 1.36 bits per heavy atom. The zero-order valence-electron chi connectivity index (χ0n) is 6.93. The first-order valence-electron chi connectivity index (χ1n) is 3.27. The molecule has 1 amide bonds. The van der Waals surface area contributed by atoms with Crippen molar-refractivity contribution in [2.24, 2.45) is 0 Å². The predicted molar refractivity (Wildman–Crippen MR) is 38.6 cm³/mol. The Balaban J connectivity index is 3.80. The lowest BCUT2D eigenvalue weighted by Crippen LogP contribution is -2.25. The topological polar surface area (TPSA) is 67.2 Å². The second kappa shape index (κ2) is 3.37. The Labute approximate surface area is 65.7 Å². The molecule has 0 aliphatic heterocycles. The van der Waals surface area contributed by atoms with Crippen LogP contribution in [-0.2, 0) is 14.3 Å². The molecule has 0 saturated carbocycles. The number of carbonyl (C=O) groups is 2. The molecule has 0 aromatic carbocycles. The van der Waals surface area contributed by atoms with E-state index < -0.39 is 23.9 Å². The molecule has 0 aliphatic rings. The standard InChI is InChI=1S/C7H12NO3/c1-7(2,3)11-6(10)4-5(8)9/h8H,4H2,1-3H3. The molecule has 0 aromatic rings. The van der Waals surface area contributed by atoms with Gasteiger partial charge in [-0.2, -0.15) is 0 Å². The molecule has 0 bridgehead atoms. The summed E-state index contributed by atoms with van der Waals surface area (Å²) in [5, 5.41) is 0. The predicted octanol–water partition coefficient (Wildman–Crippen LogP) is 0.528. The molecule has 0 rings (SSSR count). The van der Waals surface area contributed by atoms with Gasteiger partial charge in [0.1, 0.15) is 12.0 Å². The molecule has 0 heterocycles. The van der Waals surface area contributed by atoms with Crippen LogP contribution in [0.2, 0.25) is 0 Å². The Bertz CT molecular complexity index is 169. The van der Waals surface area contributed by atoms with Gasteiger partial charge in [-0.05, 0) is 20.8 Å². The Kier molecular flexibility index (Phi) is 3.04. The van der Waals surface area contributed by atoms with E-state index in [1.54, 1.807) is 20.8 Å². The maximum atomic E-state index is 10.7. The summed E-state index contributed by atoms with van der Waals surface area (Å²) in [5.74, 6) is -1.56. The highest BCUT2D eigenvalue weighted by atomic mass is 16.6. The molecule has 0 unspecified atom stereocenters. The van der Waals surface area contributed by atoms with Gasteiger partial charge in [0.15, 0.2) is 0 Å². The van der Waals surface area contributed by atoms with Crippen LogP contribution in [0.25, 0.3) is 0 Å². The molecular formula is C7H12NO3. The van der Waals surface area contributed by atoms with Crippen LogP contribution in [-0.4, -0.2) is 17.5 Å². The van der Waals surface area contributed by atoms with Crippen LogP contribution < -0.4 is 5.73 Å². The first-order chi connectivity index (χ1) is 4.81. The number of ether oxygens (including phenoxy) is 1. The van der Waals surface area contributed by atoms with Gasteiger partial charge in [-0.1, -0.05) is 0 Å². The van der Waals surface area contributed by atoms with Crippen LogP contribution in [0, 0.1) is 0 Å². The van der Waals surface area contributed by atoms with Crippen molar-refractivity contribution in [3.8, 4) is 0 Å². The van der Waals surface area contributed by atoms with Crippen molar-refractivity contribution < 1.29 is 14.3 Å². The van der Waals surface area contributed by atoms with E-state index in [4.69, 9.17) is 10.5 Å². The Morgan fingerprint density at radius 3 is 2.09 bits per heavy atom. The summed E-state index contributed by atoms with van der Waals surface area (Å²) in [5.41, 5.74) is 5.90. The van der Waals surface area contributed by atoms with Gasteiger partial charge in [-0.15, -0.1) is 0 Å². The van der Waals surface area contributed by atoms with Gasteiger partial charge < -0.3 is 4.74 Å². The van der Waals surface area contributed by atoms with Crippen LogP contribution in [0.3, 0.4) is 0 Å². The van der Waals surface area contributed by atoms with E-state index >= 15 is 0 Å². The van der Waals surface area contributed by atoms with Gasteiger partial charge in [0.25, 0.3) is 0 Å².